The molecule has 2 amide bonds. The first-order valence-electron chi connectivity index (χ1n) is 13.3. The Morgan fingerprint density at radius 2 is 1.75 bits per heavy atom. The number of fused-ring (bicyclic) bond motifs is 1. The van der Waals surface area contributed by atoms with Gasteiger partial charge in [-0.05, 0) is 64.3 Å². The van der Waals surface area contributed by atoms with Crippen LogP contribution in [0.3, 0.4) is 0 Å². The largest absolute Gasteiger partial charge is 0.478 e. The summed E-state index contributed by atoms with van der Waals surface area (Å²) in [6, 6.07) is 20.1. The lowest BCUT2D eigenvalue weighted by Crippen LogP contribution is -2.37. The molecule has 0 radical (unpaired) electrons. The number of nitrogens with one attached hydrogen (secondary N) is 1. The van der Waals surface area contributed by atoms with Crippen LogP contribution in [-0.2, 0) is 29.1 Å². The van der Waals surface area contributed by atoms with E-state index in [2.05, 4.69) is 5.32 Å². The van der Waals surface area contributed by atoms with Crippen molar-refractivity contribution in [2.24, 2.45) is 5.92 Å². The number of aromatic carboxylic acids is 1. The van der Waals surface area contributed by atoms with Crippen molar-refractivity contribution in [1.29, 1.82) is 0 Å². The molecular formula is C31H29F3N2O4. The maximum absolute atomic E-state index is 12.9. The first-order chi connectivity index (χ1) is 19.1. The number of carbonyl (C=O) groups is 3. The molecule has 0 spiro atoms. The lowest BCUT2D eigenvalue weighted by Gasteiger charge is -2.32. The number of carbonyl (C=O) groups excluding carboxylic acids is 2. The van der Waals surface area contributed by atoms with Gasteiger partial charge in [0.25, 0.3) is 0 Å². The Hall–Kier alpha value is -4.14. The maximum atomic E-state index is 12.9. The Kier molecular flexibility index (Phi) is 7.65. The van der Waals surface area contributed by atoms with Crippen LogP contribution in [0, 0.1) is 5.92 Å². The lowest BCUT2D eigenvalue weighted by molar-refractivity contribution is -0.149. The number of hydrogen-bond donors (Lipinski definition) is 2. The van der Waals surface area contributed by atoms with E-state index in [4.69, 9.17) is 0 Å². The highest BCUT2D eigenvalue weighted by atomic mass is 19.4. The summed E-state index contributed by atoms with van der Waals surface area (Å²) in [6.07, 6.45) is -5.03. The van der Waals surface area contributed by atoms with Gasteiger partial charge in [-0.2, -0.15) is 13.2 Å². The molecule has 0 aromatic heterocycles. The molecule has 3 aromatic rings. The van der Waals surface area contributed by atoms with Gasteiger partial charge in [-0.25, -0.2) is 4.79 Å². The van der Waals surface area contributed by atoms with E-state index in [0.29, 0.717) is 12.0 Å². The second-order valence-corrected chi connectivity index (χ2v) is 10.4. The van der Waals surface area contributed by atoms with Crippen LogP contribution in [-0.4, -0.2) is 40.5 Å². The minimum absolute atomic E-state index is 0.0604. The Morgan fingerprint density at radius 3 is 2.48 bits per heavy atom. The summed E-state index contributed by atoms with van der Waals surface area (Å²) in [4.78, 5) is 38.6. The van der Waals surface area contributed by atoms with Gasteiger partial charge in [-0.15, -0.1) is 0 Å². The first kappa shape index (κ1) is 27.4. The molecule has 1 saturated carbocycles. The first-order valence-corrected chi connectivity index (χ1v) is 13.3. The van der Waals surface area contributed by atoms with Crippen LogP contribution < -0.4 is 5.32 Å². The molecule has 3 aromatic carbocycles. The topological polar surface area (TPSA) is 86.7 Å². The predicted octanol–water partition coefficient (Wildman–Crippen LogP) is 5.70. The second kappa shape index (κ2) is 11.2. The summed E-state index contributed by atoms with van der Waals surface area (Å²) < 4.78 is 38.2. The molecule has 2 atom stereocenters. The fourth-order valence-electron chi connectivity index (χ4n) is 5.48. The van der Waals surface area contributed by atoms with Crippen molar-refractivity contribution in [1.82, 2.24) is 10.2 Å². The summed E-state index contributed by atoms with van der Waals surface area (Å²) >= 11 is 0. The normalized spacial score (nSPS) is 18.1. The number of nitrogens with zero attached hydrogens (tertiary/aromatic N) is 1. The van der Waals surface area contributed by atoms with Crippen LogP contribution in [0.25, 0.3) is 11.1 Å². The number of benzene rings is 3. The molecular weight excluding hydrogens is 521 g/mol. The van der Waals surface area contributed by atoms with E-state index < -0.39 is 30.9 Å². The zero-order chi connectivity index (χ0) is 28.4. The van der Waals surface area contributed by atoms with E-state index in [-0.39, 0.29) is 42.9 Å². The SMILES string of the molecule is O=C(O)c1cccc(-c2ccc(CNC(=O)[C@H]3C[C@@H]3c3ccccc3)c3c2CCN(C(=O)CCC(F)(F)F)C3)c1. The van der Waals surface area contributed by atoms with Gasteiger partial charge in [-0.3, -0.25) is 9.59 Å². The van der Waals surface area contributed by atoms with Gasteiger partial charge in [0.15, 0.2) is 0 Å². The quantitative estimate of drug-likeness (QED) is 0.377. The van der Waals surface area contributed by atoms with E-state index in [1.807, 2.05) is 42.5 Å². The van der Waals surface area contributed by atoms with Gasteiger partial charge in [0, 0.05) is 32.0 Å². The van der Waals surface area contributed by atoms with Crippen molar-refractivity contribution in [3.05, 3.63) is 94.5 Å². The fraction of sp³-hybridized carbons (Fsp3) is 0.323. The molecule has 0 unspecified atom stereocenters. The monoisotopic (exact) mass is 550 g/mol. The van der Waals surface area contributed by atoms with E-state index in [0.717, 1.165) is 34.2 Å². The van der Waals surface area contributed by atoms with Crippen LogP contribution in [0.15, 0.2) is 66.7 Å². The third-order valence-electron chi connectivity index (χ3n) is 7.71. The molecule has 2 aliphatic rings. The highest BCUT2D eigenvalue weighted by molar-refractivity contribution is 5.90. The molecule has 208 valence electrons. The van der Waals surface area contributed by atoms with E-state index >= 15 is 0 Å². The molecule has 0 saturated heterocycles. The van der Waals surface area contributed by atoms with Crippen LogP contribution in [0.1, 0.15) is 57.8 Å². The maximum Gasteiger partial charge on any atom is 0.389 e. The Bertz CT molecular complexity index is 1440. The summed E-state index contributed by atoms with van der Waals surface area (Å²) in [7, 11) is 0. The van der Waals surface area contributed by atoms with Gasteiger partial charge in [0.1, 0.15) is 0 Å². The number of halogens is 3. The van der Waals surface area contributed by atoms with Crippen LogP contribution in [0.2, 0.25) is 0 Å². The average molecular weight is 551 g/mol. The summed E-state index contributed by atoms with van der Waals surface area (Å²) in [6.45, 7) is 0.602. The number of alkyl halides is 3. The van der Waals surface area contributed by atoms with Crippen molar-refractivity contribution in [2.75, 3.05) is 6.54 Å². The third-order valence-corrected chi connectivity index (χ3v) is 7.71. The van der Waals surface area contributed by atoms with Crippen molar-refractivity contribution in [3.8, 4) is 11.1 Å². The van der Waals surface area contributed by atoms with Gasteiger partial charge in [0.05, 0.1) is 12.0 Å². The Morgan fingerprint density at radius 1 is 0.975 bits per heavy atom. The van der Waals surface area contributed by atoms with E-state index in [9.17, 15) is 32.7 Å². The summed E-state index contributed by atoms with van der Waals surface area (Å²) in [5.74, 6) is -1.61. The Labute approximate surface area is 229 Å². The molecule has 6 nitrogen and oxygen atoms in total. The highest BCUT2D eigenvalue weighted by Crippen LogP contribution is 2.47. The zero-order valence-electron chi connectivity index (χ0n) is 21.7. The van der Waals surface area contributed by atoms with Gasteiger partial charge >= 0.3 is 12.1 Å². The number of rotatable bonds is 8. The molecule has 40 heavy (non-hydrogen) atoms. The second-order valence-electron chi connectivity index (χ2n) is 10.4. The van der Waals surface area contributed by atoms with Crippen molar-refractivity contribution in [3.63, 3.8) is 0 Å². The van der Waals surface area contributed by atoms with Gasteiger partial charge < -0.3 is 15.3 Å². The minimum Gasteiger partial charge on any atom is -0.478 e. The third kappa shape index (κ3) is 6.19. The number of carboxylic acid groups (broad SMARTS) is 1. The molecule has 1 heterocycles. The van der Waals surface area contributed by atoms with Crippen molar-refractivity contribution >= 4 is 17.8 Å². The molecule has 9 heteroatoms. The lowest BCUT2D eigenvalue weighted by atomic mass is 9.87. The Balaban J connectivity index is 1.38. The molecule has 0 bridgehead atoms. The van der Waals surface area contributed by atoms with E-state index in [1.54, 1.807) is 18.2 Å². The van der Waals surface area contributed by atoms with Crippen molar-refractivity contribution in [2.45, 2.75) is 50.9 Å². The molecule has 1 aliphatic carbocycles. The fourth-order valence-corrected chi connectivity index (χ4v) is 5.48. The highest BCUT2D eigenvalue weighted by Gasteiger charge is 2.43. The standard InChI is InChI=1S/C31H29F3N2O4/c32-31(33,34)13-11-28(37)36-14-12-24-23(20-7-4-8-21(15-20)30(39)40)10-9-22(27(24)18-36)17-35-29(38)26-16-25(26)19-5-2-1-3-6-19/h1-10,15,25-26H,11-14,16-18H2,(H,35,38)(H,39,40)/t25-,26+/m1/s1. The van der Waals surface area contributed by atoms with Crippen LogP contribution in [0.4, 0.5) is 13.2 Å². The number of hydrogen-bond acceptors (Lipinski definition) is 3. The number of amides is 2. The van der Waals surface area contributed by atoms with Crippen LogP contribution in [0.5, 0.6) is 0 Å². The minimum atomic E-state index is -4.42. The van der Waals surface area contributed by atoms with Crippen LogP contribution >= 0.6 is 0 Å². The molecule has 1 aliphatic heterocycles. The van der Waals surface area contributed by atoms with Gasteiger partial charge in [-0.1, -0.05) is 54.6 Å². The van der Waals surface area contributed by atoms with E-state index in [1.165, 1.54) is 11.0 Å². The summed E-state index contributed by atoms with van der Waals surface area (Å²) in [5, 5.41) is 12.5. The molecule has 5 rings (SSSR count). The van der Waals surface area contributed by atoms with Crippen molar-refractivity contribution < 1.29 is 32.7 Å². The molecule has 1 fully saturated rings. The summed E-state index contributed by atoms with van der Waals surface area (Å²) in [5.41, 5.74) is 5.24. The van der Waals surface area contributed by atoms with Gasteiger partial charge in [0.2, 0.25) is 11.8 Å². The molecule has 2 N–H and O–H groups in total. The zero-order valence-corrected chi connectivity index (χ0v) is 21.7. The smallest absolute Gasteiger partial charge is 0.389 e. The predicted molar refractivity (Wildman–Crippen MR) is 142 cm³/mol. The average Bonchev–Trinajstić information content (AvgIpc) is 3.75. The number of carboxylic acids is 1.